The molecule has 0 bridgehead atoms. The van der Waals surface area contributed by atoms with Crippen molar-refractivity contribution in [2.45, 2.75) is 6.92 Å². The Balaban J connectivity index is 2.35. The van der Waals surface area contributed by atoms with Crippen LogP contribution in [0.2, 0.25) is 0 Å². The molecule has 84 valence electrons. The minimum absolute atomic E-state index is 0.417. The van der Waals surface area contributed by atoms with Crippen molar-refractivity contribution in [1.29, 1.82) is 5.26 Å². The number of hydrogen-bond donors (Lipinski definition) is 1. The van der Waals surface area contributed by atoms with Crippen LogP contribution in [0.1, 0.15) is 11.1 Å². The Morgan fingerprint density at radius 1 is 1.41 bits per heavy atom. The monoisotopic (exact) mass is 288 g/mol. The van der Waals surface area contributed by atoms with Crippen molar-refractivity contribution in [3.8, 4) is 6.07 Å². The van der Waals surface area contributed by atoms with Crippen molar-refractivity contribution in [2.24, 2.45) is 0 Å². The van der Waals surface area contributed by atoms with Crippen LogP contribution in [0.4, 0.5) is 11.5 Å². The highest BCUT2D eigenvalue weighted by Gasteiger charge is 2.05. The van der Waals surface area contributed by atoms with Crippen LogP contribution < -0.4 is 5.32 Å². The van der Waals surface area contributed by atoms with Crippen LogP contribution >= 0.6 is 15.9 Å². The largest absolute Gasteiger partial charge is 0.338 e. The zero-order valence-electron chi connectivity index (χ0n) is 9.11. The molecular weight excluding hydrogens is 280 g/mol. The molecule has 2 aromatic rings. The molecule has 0 unspecified atom stereocenters. The van der Waals surface area contributed by atoms with Gasteiger partial charge in [0.05, 0.1) is 11.9 Å². The summed E-state index contributed by atoms with van der Waals surface area (Å²) < 4.78 is 0.931. The maximum atomic E-state index is 8.93. The summed E-state index contributed by atoms with van der Waals surface area (Å²) in [7, 11) is 0. The van der Waals surface area contributed by atoms with Crippen molar-refractivity contribution < 1.29 is 0 Å². The third-order valence-electron chi connectivity index (χ3n) is 2.21. The van der Waals surface area contributed by atoms with Crippen molar-refractivity contribution in [2.75, 3.05) is 5.32 Å². The van der Waals surface area contributed by atoms with E-state index in [1.807, 2.05) is 31.2 Å². The van der Waals surface area contributed by atoms with Gasteiger partial charge in [-0.25, -0.2) is 9.97 Å². The fourth-order valence-electron chi connectivity index (χ4n) is 1.36. The fraction of sp³-hybridized carbons (Fsp3) is 0.0833. The van der Waals surface area contributed by atoms with Crippen LogP contribution in [0.3, 0.4) is 0 Å². The number of nitriles is 1. The molecule has 0 aliphatic heterocycles. The average molecular weight is 289 g/mol. The zero-order chi connectivity index (χ0) is 12.3. The number of benzene rings is 1. The summed E-state index contributed by atoms with van der Waals surface area (Å²) in [5.74, 6) is 0.507. The summed E-state index contributed by atoms with van der Waals surface area (Å²) in [5, 5.41) is 12.0. The standard InChI is InChI=1S/C12H9BrN4/c1-8-2-3-11(10(13)4-8)17-12-9(5-14)6-15-7-16-12/h2-4,6-7H,1H3,(H,15,16,17). The Hall–Kier alpha value is -1.93. The van der Waals surface area contributed by atoms with Crippen molar-refractivity contribution in [3.63, 3.8) is 0 Å². The summed E-state index contributed by atoms with van der Waals surface area (Å²) in [6.07, 6.45) is 2.89. The highest BCUT2D eigenvalue weighted by Crippen LogP contribution is 2.26. The van der Waals surface area contributed by atoms with Gasteiger partial charge in [0.1, 0.15) is 18.0 Å². The van der Waals surface area contributed by atoms with Gasteiger partial charge in [0.15, 0.2) is 5.82 Å². The number of aryl methyl sites for hydroxylation is 1. The number of hydrogen-bond acceptors (Lipinski definition) is 4. The third kappa shape index (κ3) is 2.60. The van der Waals surface area contributed by atoms with Gasteiger partial charge in [-0.3, -0.25) is 0 Å². The third-order valence-corrected chi connectivity index (χ3v) is 2.87. The average Bonchev–Trinajstić information content (AvgIpc) is 2.33. The van der Waals surface area contributed by atoms with E-state index in [-0.39, 0.29) is 0 Å². The molecule has 2 rings (SSSR count). The van der Waals surface area contributed by atoms with E-state index in [2.05, 4.69) is 31.2 Å². The van der Waals surface area contributed by atoms with Gasteiger partial charge in [-0.1, -0.05) is 6.07 Å². The Morgan fingerprint density at radius 2 is 2.24 bits per heavy atom. The quantitative estimate of drug-likeness (QED) is 0.922. The molecule has 1 aromatic carbocycles. The van der Waals surface area contributed by atoms with Crippen molar-refractivity contribution in [1.82, 2.24) is 9.97 Å². The van der Waals surface area contributed by atoms with Crippen LogP contribution in [0.25, 0.3) is 0 Å². The number of anilines is 2. The molecule has 17 heavy (non-hydrogen) atoms. The minimum Gasteiger partial charge on any atom is -0.338 e. The Kier molecular flexibility index (Phi) is 3.35. The number of halogens is 1. The number of rotatable bonds is 2. The van der Waals surface area contributed by atoms with Gasteiger partial charge >= 0.3 is 0 Å². The highest BCUT2D eigenvalue weighted by molar-refractivity contribution is 9.10. The molecule has 5 heteroatoms. The topological polar surface area (TPSA) is 61.6 Å². The van der Waals surface area contributed by atoms with Gasteiger partial charge in [-0.05, 0) is 40.5 Å². The first kappa shape index (κ1) is 11.6. The normalized spacial score (nSPS) is 9.71. The molecule has 0 aliphatic carbocycles. The first-order valence-electron chi connectivity index (χ1n) is 4.94. The minimum atomic E-state index is 0.417. The smallest absolute Gasteiger partial charge is 0.151 e. The summed E-state index contributed by atoms with van der Waals surface area (Å²) in [6, 6.07) is 7.96. The van der Waals surface area contributed by atoms with E-state index < -0.39 is 0 Å². The van der Waals surface area contributed by atoms with Crippen molar-refractivity contribution >= 4 is 27.4 Å². The lowest BCUT2D eigenvalue weighted by atomic mass is 10.2. The number of aromatic nitrogens is 2. The van der Waals surface area contributed by atoms with Crippen LogP contribution in [0, 0.1) is 18.3 Å². The Labute approximate surface area is 107 Å². The lowest BCUT2D eigenvalue weighted by Gasteiger charge is -2.08. The molecule has 0 atom stereocenters. The van der Waals surface area contributed by atoms with Crippen LogP contribution in [0.15, 0.2) is 35.2 Å². The lowest BCUT2D eigenvalue weighted by molar-refractivity contribution is 1.15. The lowest BCUT2D eigenvalue weighted by Crippen LogP contribution is -1.98. The summed E-state index contributed by atoms with van der Waals surface area (Å²) >= 11 is 3.46. The molecule has 0 saturated heterocycles. The van der Waals surface area contributed by atoms with Gasteiger partial charge in [-0.15, -0.1) is 0 Å². The molecule has 0 amide bonds. The summed E-state index contributed by atoms with van der Waals surface area (Å²) in [5.41, 5.74) is 2.44. The predicted octanol–water partition coefficient (Wildman–Crippen LogP) is 3.16. The molecule has 0 radical (unpaired) electrons. The van der Waals surface area contributed by atoms with E-state index >= 15 is 0 Å². The van der Waals surface area contributed by atoms with E-state index in [0.29, 0.717) is 11.4 Å². The highest BCUT2D eigenvalue weighted by atomic mass is 79.9. The molecule has 1 heterocycles. The van der Waals surface area contributed by atoms with Gasteiger partial charge in [-0.2, -0.15) is 5.26 Å². The molecule has 1 N–H and O–H groups in total. The molecular formula is C12H9BrN4. The zero-order valence-corrected chi connectivity index (χ0v) is 10.7. The number of nitrogens with one attached hydrogen (secondary N) is 1. The van der Waals surface area contributed by atoms with E-state index in [1.54, 1.807) is 0 Å². The Bertz CT molecular complexity index is 589. The maximum absolute atomic E-state index is 8.93. The second-order valence-corrected chi connectivity index (χ2v) is 4.36. The molecule has 4 nitrogen and oxygen atoms in total. The first-order valence-corrected chi connectivity index (χ1v) is 5.73. The van der Waals surface area contributed by atoms with Gasteiger partial charge in [0.25, 0.3) is 0 Å². The van der Waals surface area contributed by atoms with Crippen LogP contribution in [-0.2, 0) is 0 Å². The molecule has 0 fully saturated rings. The maximum Gasteiger partial charge on any atom is 0.151 e. The van der Waals surface area contributed by atoms with Crippen molar-refractivity contribution in [3.05, 3.63) is 46.3 Å². The van der Waals surface area contributed by atoms with E-state index in [9.17, 15) is 0 Å². The van der Waals surface area contributed by atoms with Gasteiger partial charge in [0.2, 0.25) is 0 Å². The second-order valence-electron chi connectivity index (χ2n) is 3.51. The Morgan fingerprint density at radius 3 is 2.94 bits per heavy atom. The number of nitrogens with zero attached hydrogens (tertiary/aromatic N) is 3. The molecule has 0 spiro atoms. The first-order chi connectivity index (χ1) is 8.20. The second kappa shape index (κ2) is 4.93. The van der Waals surface area contributed by atoms with E-state index in [4.69, 9.17) is 5.26 Å². The van der Waals surface area contributed by atoms with Crippen LogP contribution in [0.5, 0.6) is 0 Å². The van der Waals surface area contributed by atoms with Gasteiger partial charge in [0, 0.05) is 4.47 Å². The molecule has 0 aliphatic rings. The molecule has 1 aromatic heterocycles. The van der Waals surface area contributed by atoms with Crippen LogP contribution in [-0.4, -0.2) is 9.97 Å². The van der Waals surface area contributed by atoms with E-state index in [1.165, 1.54) is 12.5 Å². The SMILES string of the molecule is Cc1ccc(Nc2ncncc2C#N)c(Br)c1. The molecule has 0 saturated carbocycles. The summed E-state index contributed by atoms with van der Waals surface area (Å²) in [6.45, 7) is 2.01. The summed E-state index contributed by atoms with van der Waals surface area (Å²) in [4.78, 5) is 7.85. The fourth-order valence-corrected chi connectivity index (χ4v) is 1.95. The predicted molar refractivity (Wildman–Crippen MR) is 68.9 cm³/mol. The van der Waals surface area contributed by atoms with Gasteiger partial charge < -0.3 is 5.32 Å². The van der Waals surface area contributed by atoms with E-state index in [0.717, 1.165) is 15.7 Å².